The van der Waals surface area contributed by atoms with Crippen LogP contribution in [0.5, 0.6) is 0 Å². The zero-order valence-corrected chi connectivity index (χ0v) is 14.5. The van der Waals surface area contributed by atoms with Crippen LogP contribution in [0.1, 0.15) is 33.6 Å². The fourth-order valence-corrected chi connectivity index (χ4v) is 2.63. The van der Waals surface area contributed by atoms with E-state index >= 15 is 0 Å². The number of nitrogens with zero attached hydrogens (tertiary/aromatic N) is 1. The first kappa shape index (κ1) is 17.6. The molecule has 0 unspecified atom stereocenters. The van der Waals surface area contributed by atoms with E-state index in [1.165, 1.54) is 0 Å². The van der Waals surface area contributed by atoms with Gasteiger partial charge in [0.2, 0.25) is 5.91 Å². The third-order valence-electron chi connectivity index (χ3n) is 3.65. The Balaban J connectivity index is 1.85. The minimum atomic E-state index is -0.505. The Hall–Kier alpha value is -1.75. The van der Waals surface area contributed by atoms with E-state index in [0.717, 1.165) is 0 Å². The Morgan fingerprint density at radius 3 is 2.39 bits per heavy atom. The number of anilines is 1. The smallest absolute Gasteiger partial charge is 0.410 e. The maximum Gasteiger partial charge on any atom is 0.410 e. The van der Waals surface area contributed by atoms with Crippen molar-refractivity contribution in [3.63, 3.8) is 0 Å². The summed E-state index contributed by atoms with van der Waals surface area (Å²) in [6.07, 6.45) is 0.924. The van der Waals surface area contributed by atoms with Crippen LogP contribution < -0.4 is 5.32 Å². The summed E-state index contributed by atoms with van der Waals surface area (Å²) in [5, 5.41) is 3.38. The topological polar surface area (TPSA) is 58.6 Å². The van der Waals surface area contributed by atoms with Gasteiger partial charge in [0, 0.05) is 19.0 Å². The molecule has 0 atom stereocenters. The van der Waals surface area contributed by atoms with Crippen molar-refractivity contribution < 1.29 is 14.3 Å². The van der Waals surface area contributed by atoms with Crippen molar-refractivity contribution in [3.8, 4) is 0 Å². The average Bonchev–Trinajstić information content (AvgIpc) is 2.48. The zero-order valence-electron chi connectivity index (χ0n) is 13.8. The van der Waals surface area contributed by atoms with Crippen molar-refractivity contribution in [1.82, 2.24) is 4.90 Å². The fourth-order valence-electron chi connectivity index (χ4n) is 2.45. The molecule has 0 spiro atoms. The normalized spacial score (nSPS) is 16.1. The SMILES string of the molecule is CC(C)(C)OC(=O)N1CCC(C(=O)Nc2ccccc2Cl)CC1. The number of amides is 2. The van der Waals surface area contributed by atoms with E-state index in [-0.39, 0.29) is 17.9 Å². The highest BCUT2D eigenvalue weighted by Gasteiger charge is 2.30. The van der Waals surface area contributed by atoms with E-state index in [4.69, 9.17) is 16.3 Å². The van der Waals surface area contributed by atoms with Gasteiger partial charge in [-0.05, 0) is 45.7 Å². The van der Waals surface area contributed by atoms with Gasteiger partial charge in [-0.3, -0.25) is 4.79 Å². The number of benzene rings is 1. The van der Waals surface area contributed by atoms with Crippen LogP contribution in [-0.4, -0.2) is 35.6 Å². The highest BCUT2D eigenvalue weighted by atomic mass is 35.5. The van der Waals surface area contributed by atoms with Gasteiger partial charge < -0.3 is 15.0 Å². The molecule has 2 amide bonds. The van der Waals surface area contributed by atoms with E-state index in [9.17, 15) is 9.59 Å². The number of likely N-dealkylation sites (tertiary alicyclic amines) is 1. The van der Waals surface area contributed by atoms with E-state index in [0.29, 0.717) is 36.6 Å². The number of ether oxygens (including phenoxy) is 1. The van der Waals surface area contributed by atoms with Gasteiger partial charge in [0.15, 0.2) is 0 Å². The van der Waals surface area contributed by atoms with Crippen LogP contribution in [0.15, 0.2) is 24.3 Å². The molecule has 0 radical (unpaired) electrons. The molecule has 0 saturated carbocycles. The minimum absolute atomic E-state index is 0.0538. The van der Waals surface area contributed by atoms with Gasteiger partial charge in [-0.15, -0.1) is 0 Å². The van der Waals surface area contributed by atoms with Gasteiger partial charge in [0.1, 0.15) is 5.60 Å². The third-order valence-corrected chi connectivity index (χ3v) is 3.98. The quantitative estimate of drug-likeness (QED) is 0.889. The van der Waals surface area contributed by atoms with Crippen molar-refractivity contribution in [2.75, 3.05) is 18.4 Å². The van der Waals surface area contributed by atoms with Crippen molar-refractivity contribution in [3.05, 3.63) is 29.3 Å². The Morgan fingerprint density at radius 1 is 1.22 bits per heavy atom. The molecule has 5 nitrogen and oxygen atoms in total. The molecule has 0 bridgehead atoms. The number of hydrogen-bond acceptors (Lipinski definition) is 3. The number of piperidine rings is 1. The molecule has 23 heavy (non-hydrogen) atoms. The lowest BCUT2D eigenvalue weighted by atomic mass is 9.96. The summed E-state index contributed by atoms with van der Waals surface area (Å²) < 4.78 is 5.35. The molecule has 2 rings (SSSR count). The monoisotopic (exact) mass is 338 g/mol. The minimum Gasteiger partial charge on any atom is -0.444 e. The van der Waals surface area contributed by atoms with Crippen LogP contribution in [-0.2, 0) is 9.53 Å². The van der Waals surface area contributed by atoms with E-state index in [1.807, 2.05) is 32.9 Å². The van der Waals surface area contributed by atoms with Crippen LogP contribution in [0.2, 0.25) is 5.02 Å². The van der Waals surface area contributed by atoms with Gasteiger partial charge in [-0.1, -0.05) is 23.7 Å². The molecule has 1 aromatic carbocycles. The van der Waals surface area contributed by atoms with E-state index in [1.54, 1.807) is 17.0 Å². The summed E-state index contributed by atoms with van der Waals surface area (Å²) in [5.74, 6) is -0.174. The number of nitrogens with one attached hydrogen (secondary N) is 1. The molecule has 126 valence electrons. The standard InChI is InChI=1S/C17H23ClN2O3/c1-17(2,3)23-16(22)20-10-8-12(9-11-20)15(21)19-14-7-5-4-6-13(14)18/h4-7,12H,8-11H2,1-3H3,(H,19,21). The molecule has 0 aromatic heterocycles. The lowest BCUT2D eigenvalue weighted by molar-refractivity contribution is -0.121. The molecule has 1 N–H and O–H groups in total. The summed E-state index contributed by atoms with van der Waals surface area (Å²) in [6, 6.07) is 7.16. The molecule has 1 aromatic rings. The first-order chi connectivity index (χ1) is 10.8. The van der Waals surface area contributed by atoms with Gasteiger partial charge in [0.25, 0.3) is 0 Å². The molecule has 1 heterocycles. The number of carbonyl (C=O) groups is 2. The van der Waals surface area contributed by atoms with Crippen LogP contribution in [0.25, 0.3) is 0 Å². The molecule has 0 aliphatic carbocycles. The predicted octanol–water partition coefficient (Wildman–Crippen LogP) is 3.93. The first-order valence-electron chi connectivity index (χ1n) is 7.79. The Labute approximate surface area is 141 Å². The Kier molecular flexibility index (Phi) is 5.52. The first-order valence-corrected chi connectivity index (χ1v) is 8.17. The molecular formula is C17H23ClN2O3. The van der Waals surface area contributed by atoms with Gasteiger partial charge in [-0.2, -0.15) is 0 Å². The van der Waals surface area contributed by atoms with Crippen molar-refractivity contribution in [2.45, 2.75) is 39.2 Å². The lowest BCUT2D eigenvalue weighted by Gasteiger charge is -2.32. The van der Waals surface area contributed by atoms with Crippen LogP contribution in [0, 0.1) is 5.92 Å². The van der Waals surface area contributed by atoms with Crippen molar-refractivity contribution in [2.24, 2.45) is 5.92 Å². The largest absolute Gasteiger partial charge is 0.444 e. The van der Waals surface area contributed by atoms with Crippen LogP contribution in [0.4, 0.5) is 10.5 Å². The van der Waals surface area contributed by atoms with Gasteiger partial charge >= 0.3 is 6.09 Å². The highest BCUT2D eigenvalue weighted by molar-refractivity contribution is 6.33. The van der Waals surface area contributed by atoms with Crippen molar-refractivity contribution in [1.29, 1.82) is 0 Å². The molecule has 1 aliphatic heterocycles. The predicted molar refractivity (Wildman–Crippen MR) is 90.6 cm³/mol. The molecule has 6 heteroatoms. The summed E-state index contributed by atoms with van der Waals surface area (Å²) in [7, 11) is 0. The number of para-hydroxylation sites is 1. The summed E-state index contributed by atoms with van der Waals surface area (Å²) >= 11 is 6.05. The number of rotatable bonds is 2. The van der Waals surface area contributed by atoms with Crippen LogP contribution >= 0.6 is 11.6 Å². The Morgan fingerprint density at radius 2 is 1.83 bits per heavy atom. The second-order valence-electron chi connectivity index (χ2n) is 6.71. The fraction of sp³-hybridized carbons (Fsp3) is 0.529. The second-order valence-corrected chi connectivity index (χ2v) is 7.12. The number of halogens is 1. The summed E-state index contributed by atoms with van der Waals surface area (Å²) in [4.78, 5) is 26.0. The van der Waals surface area contributed by atoms with Crippen LogP contribution in [0.3, 0.4) is 0 Å². The lowest BCUT2D eigenvalue weighted by Crippen LogP contribution is -2.43. The second kappa shape index (κ2) is 7.21. The molecule has 1 fully saturated rings. The summed E-state index contributed by atoms with van der Waals surface area (Å²) in [5.41, 5.74) is 0.115. The van der Waals surface area contributed by atoms with Crippen molar-refractivity contribution >= 4 is 29.3 Å². The van der Waals surface area contributed by atoms with Gasteiger partial charge in [-0.25, -0.2) is 4.79 Å². The van der Waals surface area contributed by atoms with E-state index < -0.39 is 5.60 Å². The Bertz CT molecular complexity index is 575. The molecule has 1 saturated heterocycles. The average molecular weight is 339 g/mol. The highest BCUT2D eigenvalue weighted by Crippen LogP contribution is 2.24. The zero-order chi connectivity index (χ0) is 17.0. The molecular weight excluding hydrogens is 316 g/mol. The maximum absolute atomic E-state index is 12.3. The third kappa shape index (κ3) is 5.13. The molecule has 1 aliphatic rings. The van der Waals surface area contributed by atoms with Gasteiger partial charge in [0.05, 0.1) is 10.7 Å². The number of hydrogen-bond donors (Lipinski definition) is 1. The maximum atomic E-state index is 12.3. The van der Waals surface area contributed by atoms with E-state index in [2.05, 4.69) is 5.32 Å². The number of carbonyl (C=O) groups excluding carboxylic acids is 2. The summed E-state index contributed by atoms with van der Waals surface area (Å²) in [6.45, 7) is 6.57.